The molecule has 0 aliphatic carbocycles. The zero-order valence-electron chi connectivity index (χ0n) is 27.0. The fourth-order valence-electron chi connectivity index (χ4n) is 6.80. The van der Waals surface area contributed by atoms with E-state index in [9.17, 15) is 0 Å². The molecule has 6 aromatic rings. The Kier molecular flexibility index (Phi) is 9.11. The quantitative estimate of drug-likeness (QED) is 0.154. The third-order valence-electron chi connectivity index (χ3n) is 9.17. The minimum Gasteiger partial charge on any atom is -0.318 e. The van der Waals surface area contributed by atoms with Gasteiger partial charge in [0.05, 0.1) is 22.7 Å². The smallest absolute Gasteiger partial charge is 0.156 e. The first-order valence-corrected chi connectivity index (χ1v) is 17.9. The first-order chi connectivity index (χ1) is 24.4. The second-order valence-electron chi connectivity index (χ2n) is 12.5. The van der Waals surface area contributed by atoms with Crippen molar-refractivity contribution >= 4 is 69.2 Å². The first kappa shape index (κ1) is 32.6. The molecule has 8 rings (SSSR count). The molecule has 0 bridgehead atoms. The van der Waals surface area contributed by atoms with Crippen LogP contribution in [0.3, 0.4) is 0 Å². The van der Waals surface area contributed by atoms with Gasteiger partial charge in [-0.3, -0.25) is 0 Å². The molecule has 0 N–H and O–H groups in total. The number of anilines is 4. The van der Waals surface area contributed by atoms with E-state index in [1.54, 1.807) is 0 Å². The minimum atomic E-state index is 0.643. The third kappa shape index (κ3) is 6.53. The number of hydrogen-bond donors (Lipinski definition) is 0. The van der Waals surface area contributed by atoms with Gasteiger partial charge in [-0.05, 0) is 95.1 Å². The van der Waals surface area contributed by atoms with Crippen LogP contribution >= 0.6 is 46.4 Å². The molecule has 0 amide bonds. The molecule has 2 aliphatic rings. The van der Waals surface area contributed by atoms with Gasteiger partial charge in [0, 0.05) is 46.3 Å². The molecule has 2 aliphatic heterocycles. The number of hydrogen-bond acceptors (Lipinski definition) is 4. The Morgan fingerprint density at radius 2 is 0.480 bits per heavy atom. The Labute approximate surface area is 312 Å². The largest absolute Gasteiger partial charge is 0.318 e. The zero-order chi connectivity index (χ0) is 34.2. The molecule has 4 nitrogen and oxygen atoms in total. The molecule has 50 heavy (non-hydrogen) atoms. The SMILES string of the molecule is Clc1ccc(CN2C(=C3N(Cc4ccc(Cl)cc4)c4ccccc4N3Cc3ccc(Cl)cc3)N(Cc3ccc(Cl)cc3)c3ccccc32)cc1. The Bertz CT molecular complexity index is 1860. The second kappa shape index (κ2) is 14.0. The van der Waals surface area contributed by atoms with E-state index in [0.717, 1.165) is 56.6 Å². The summed E-state index contributed by atoms with van der Waals surface area (Å²) in [5, 5.41) is 2.86. The van der Waals surface area contributed by atoms with Gasteiger partial charge in [-0.15, -0.1) is 0 Å². The number of nitrogens with zero attached hydrogens (tertiary/aromatic N) is 4. The Morgan fingerprint density at radius 3 is 0.680 bits per heavy atom. The van der Waals surface area contributed by atoms with Gasteiger partial charge in [0.2, 0.25) is 0 Å². The van der Waals surface area contributed by atoms with Crippen LogP contribution in [0.15, 0.2) is 157 Å². The van der Waals surface area contributed by atoms with Gasteiger partial charge in [0.25, 0.3) is 0 Å². The summed E-state index contributed by atoms with van der Waals surface area (Å²) in [5.74, 6) is 2.16. The molecule has 6 aromatic carbocycles. The zero-order valence-corrected chi connectivity index (χ0v) is 30.0. The van der Waals surface area contributed by atoms with Crippen LogP contribution in [-0.2, 0) is 26.2 Å². The van der Waals surface area contributed by atoms with Crippen molar-refractivity contribution in [3.05, 3.63) is 200 Å². The highest BCUT2D eigenvalue weighted by molar-refractivity contribution is 6.31. The van der Waals surface area contributed by atoms with E-state index in [1.165, 1.54) is 0 Å². The molecule has 0 saturated heterocycles. The van der Waals surface area contributed by atoms with Crippen molar-refractivity contribution in [1.82, 2.24) is 0 Å². The fourth-order valence-corrected chi connectivity index (χ4v) is 7.31. The summed E-state index contributed by atoms with van der Waals surface area (Å²) in [4.78, 5) is 9.78. The van der Waals surface area contributed by atoms with Gasteiger partial charge in [-0.25, -0.2) is 0 Å². The van der Waals surface area contributed by atoms with Crippen LogP contribution in [0.5, 0.6) is 0 Å². The highest BCUT2D eigenvalue weighted by Crippen LogP contribution is 2.51. The maximum atomic E-state index is 6.36. The molecule has 0 saturated carbocycles. The molecule has 0 aromatic heterocycles. The molecule has 0 spiro atoms. The Morgan fingerprint density at radius 1 is 0.280 bits per heavy atom. The van der Waals surface area contributed by atoms with Crippen LogP contribution in [0, 0.1) is 0 Å². The topological polar surface area (TPSA) is 13.0 Å². The number of rotatable bonds is 8. The number of halogens is 4. The van der Waals surface area contributed by atoms with Crippen LogP contribution in [0.4, 0.5) is 22.7 Å². The van der Waals surface area contributed by atoms with E-state index < -0.39 is 0 Å². The number of fused-ring (bicyclic) bond motifs is 2. The molecule has 248 valence electrons. The van der Waals surface area contributed by atoms with Gasteiger partial charge < -0.3 is 19.6 Å². The van der Waals surface area contributed by atoms with Crippen molar-refractivity contribution in [2.24, 2.45) is 0 Å². The van der Waals surface area contributed by atoms with E-state index in [2.05, 4.69) is 117 Å². The molecule has 0 radical (unpaired) electrons. The monoisotopic (exact) mass is 732 g/mol. The summed E-state index contributed by atoms with van der Waals surface area (Å²) in [7, 11) is 0. The van der Waals surface area contributed by atoms with Crippen molar-refractivity contribution in [3.8, 4) is 0 Å². The van der Waals surface area contributed by atoms with E-state index in [-0.39, 0.29) is 0 Å². The lowest BCUT2D eigenvalue weighted by Crippen LogP contribution is -2.38. The first-order valence-electron chi connectivity index (χ1n) is 16.4. The third-order valence-corrected chi connectivity index (χ3v) is 10.2. The van der Waals surface area contributed by atoms with Gasteiger partial charge in [-0.1, -0.05) is 119 Å². The average Bonchev–Trinajstić information content (AvgIpc) is 3.59. The molecule has 0 fully saturated rings. The molecule has 0 unspecified atom stereocenters. The standard InChI is InChI=1S/C42H32Cl4N4/c43-33-17-9-29(10-18-33)25-47-37-5-1-2-6-38(37)48(26-30-11-19-34(44)20-12-30)41(47)42-49(27-31-13-21-35(45)22-14-31)39-7-3-4-8-40(39)50(42)28-32-15-23-36(46)24-16-32/h1-24H,25-28H2. The van der Waals surface area contributed by atoms with E-state index in [4.69, 9.17) is 46.4 Å². The van der Waals surface area contributed by atoms with E-state index in [1.807, 2.05) is 48.5 Å². The van der Waals surface area contributed by atoms with Gasteiger partial charge in [0.1, 0.15) is 0 Å². The summed E-state index contributed by atoms with van der Waals surface area (Å²) < 4.78 is 0. The summed E-state index contributed by atoms with van der Waals surface area (Å²) in [6.45, 7) is 2.57. The lowest BCUT2D eigenvalue weighted by atomic mass is 10.2. The highest BCUT2D eigenvalue weighted by Gasteiger charge is 2.42. The van der Waals surface area contributed by atoms with Crippen LogP contribution in [-0.4, -0.2) is 0 Å². The maximum Gasteiger partial charge on any atom is 0.156 e. The van der Waals surface area contributed by atoms with E-state index in [0.29, 0.717) is 46.3 Å². The van der Waals surface area contributed by atoms with Gasteiger partial charge in [-0.2, -0.15) is 0 Å². The Hall–Kier alpha value is -4.58. The normalized spacial score (nSPS) is 13.7. The van der Waals surface area contributed by atoms with E-state index >= 15 is 0 Å². The lowest BCUT2D eigenvalue weighted by Gasteiger charge is -2.34. The van der Waals surface area contributed by atoms with Crippen LogP contribution in [0.1, 0.15) is 22.3 Å². The van der Waals surface area contributed by atoms with Crippen molar-refractivity contribution in [1.29, 1.82) is 0 Å². The molecule has 8 heteroatoms. The highest BCUT2D eigenvalue weighted by atomic mass is 35.5. The number of benzene rings is 6. The molecule has 0 atom stereocenters. The number of para-hydroxylation sites is 4. The van der Waals surface area contributed by atoms with Crippen molar-refractivity contribution in [3.63, 3.8) is 0 Å². The summed E-state index contributed by atoms with van der Waals surface area (Å²) in [6.07, 6.45) is 0. The Balaban J connectivity index is 1.37. The van der Waals surface area contributed by atoms with Crippen LogP contribution in [0.2, 0.25) is 20.1 Å². The predicted octanol–water partition coefficient (Wildman–Crippen LogP) is 12.2. The summed E-state index contributed by atoms with van der Waals surface area (Å²) in [6, 6.07) is 49.8. The lowest BCUT2D eigenvalue weighted by molar-refractivity contribution is 0.774. The average molecular weight is 735 g/mol. The van der Waals surface area contributed by atoms with Crippen molar-refractivity contribution in [2.75, 3.05) is 19.6 Å². The second-order valence-corrected chi connectivity index (χ2v) is 14.2. The van der Waals surface area contributed by atoms with Gasteiger partial charge >= 0.3 is 0 Å². The van der Waals surface area contributed by atoms with Crippen molar-refractivity contribution in [2.45, 2.75) is 26.2 Å². The molecule has 2 heterocycles. The van der Waals surface area contributed by atoms with Crippen LogP contribution in [0.25, 0.3) is 0 Å². The minimum absolute atomic E-state index is 0.643. The molecular weight excluding hydrogens is 702 g/mol. The van der Waals surface area contributed by atoms with Gasteiger partial charge in [0.15, 0.2) is 11.6 Å². The molecular formula is C42H32Cl4N4. The maximum absolute atomic E-state index is 6.36. The fraction of sp³-hybridized carbons (Fsp3) is 0.0952. The predicted molar refractivity (Wildman–Crippen MR) is 210 cm³/mol. The van der Waals surface area contributed by atoms with Crippen molar-refractivity contribution < 1.29 is 0 Å². The van der Waals surface area contributed by atoms with Crippen LogP contribution < -0.4 is 19.6 Å². The summed E-state index contributed by atoms with van der Waals surface area (Å²) in [5.41, 5.74) is 9.14. The summed E-state index contributed by atoms with van der Waals surface area (Å²) >= 11 is 25.4.